The van der Waals surface area contributed by atoms with Crippen LogP contribution in [0.5, 0.6) is 17.2 Å². The monoisotopic (exact) mass is 324 g/mol. The first-order valence-corrected chi connectivity index (χ1v) is 7.01. The third kappa shape index (κ3) is 3.44. The Morgan fingerprint density at radius 1 is 0.667 bits per heavy atom. The van der Waals surface area contributed by atoms with Gasteiger partial charge in [-0.3, -0.25) is 0 Å². The molecule has 24 heavy (non-hydrogen) atoms. The minimum atomic E-state index is -1.51. The van der Waals surface area contributed by atoms with E-state index in [9.17, 15) is 9.59 Å². The molecule has 0 unspecified atom stereocenters. The summed E-state index contributed by atoms with van der Waals surface area (Å²) in [5.41, 5.74) is 0. The summed E-state index contributed by atoms with van der Waals surface area (Å²) in [4.78, 5) is 22.7. The van der Waals surface area contributed by atoms with E-state index in [0.29, 0.717) is 5.75 Å². The largest absolute Gasteiger partial charge is 0.519 e. The highest BCUT2D eigenvalue weighted by Gasteiger charge is 2.15. The van der Waals surface area contributed by atoms with E-state index < -0.39 is 12.3 Å². The zero-order valence-electron chi connectivity index (χ0n) is 12.3. The number of para-hydroxylation sites is 2. The summed E-state index contributed by atoms with van der Waals surface area (Å²) in [5, 5.41) is 10.4. The third-order valence-corrected chi connectivity index (χ3v) is 3.18. The van der Waals surface area contributed by atoms with Crippen molar-refractivity contribution in [2.45, 2.75) is 0 Å². The van der Waals surface area contributed by atoms with Crippen molar-refractivity contribution in [1.82, 2.24) is 0 Å². The molecule has 0 atom stereocenters. The number of hydrogen-bond donors (Lipinski definition) is 1. The summed E-state index contributed by atoms with van der Waals surface area (Å²) < 4.78 is 14.8. The van der Waals surface area contributed by atoms with E-state index in [4.69, 9.17) is 14.6 Å². The molecule has 3 rings (SSSR count). The first kappa shape index (κ1) is 15.4. The second-order valence-corrected chi connectivity index (χ2v) is 4.75. The second-order valence-electron chi connectivity index (χ2n) is 4.75. The molecule has 0 fully saturated rings. The molecule has 3 aromatic carbocycles. The van der Waals surface area contributed by atoms with Gasteiger partial charge in [-0.1, -0.05) is 48.5 Å². The van der Waals surface area contributed by atoms with Crippen molar-refractivity contribution in [3.63, 3.8) is 0 Å². The van der Waals surface area contributed by atoms with E-state index in [1.165, 1.54) is 12.1 Å². The minimum absolute atomic E-state index is 0.0508. The molecular weight excluding hydrogens is 312 g/mol. The van der Waals surface area contributed by atoms with Crippen LogP contribution in [0, 0.1) is 0 Å². The van der Waals surface area contributed by atoms with Crippen molar-refractivity contribution in [2.24, 2.45) is 0 Å². The molecule has 1 N–H and O–H groups in total. The molecule has 0 saturated heterocycles. The van der Waals surface area contributed by atoms with Crippen molar-refractivity contribution < 1.29 is 28.9 Å². The van der Waals surface area contributed by atoms with E-state index in [0.717, 1.165) is 10.8 Å². The number of benzene rings is 3. The fourth-order valence-corrected chi connectivity index (χ4v) is 2.20. The van der Waals surface area contributed by atoms with Gasteiger partial charge in [-0.25, -0.2) is 9.59 Å². The third-order valence-electron chi connectivity index (χ3n) is 3.18. The van der Waals surface area contributed by atoms with Gasteiger partial charge in [0.2, 0.25) is 0 Å². The van der Waals surface area contributed by atoms with Gasteiger partial charge < -0.3 is 19.3 Å². The van der Waals surface area contributed by atoms with Crippen LogP contribution in [0.1, 0.15) is 0 Å². The Kier molecular flexibility index (Phi) is 4.29. The van der Waals surface area contributed by atoms with E-state index in [1.54, 1.807) is 24.3 Å². The van der Waals surface area contributed by atoms with Crippen LogP contribution in [-0.2, 0) is 0 Å². The Morgan fingerprint density at radius 3 is 1.96 bits per heavy atom. The van der Waals surface area contributed by atoms with Gasteiger partial charge in [-0.15, -0.1) is 0 Å². The molecule has 0 aliphatic carbocycles. The Balaban J connectivity index is 1.80. The number of hydrogen-bond acceptors (Lipinski definition) is 5. The summed E-state index contributed by atoms with van der Waals surface area (Å²) in [6.45, 7) is 0. The maximum absolute atomic E-state index is 12.0. The molecule has 0 saturated carbocycles. The number of carboxylic acid groups (broad SMARTS) is 1. The molecule has 0 heterocycles. The molecule has 0 amide bonds. The highest BCUT2D eigenvalue weighted by molar-refractivity contribution is 5.89. The molecule has 120 valence electrons. The number of carbonyl (C=O) groups is 2. The number of fused-ring (bicyclic) bond motifs is 1. The van der Waals surface area contributed by atoms with Crippen LogP contribution in [0.15, 0.2) is 66.7 Å². The molecule has 0 radical (unpaired) electrons. The van der Waals surface area contributed by atoms with Crippen LogP contribution >= 0.6 is 0 Å². The molecule has 0 bridgehead atoms. The standard InChI is InChI=1S/C18H12O6/c19-17(20)22-15-9-3-4-10-16(15)24-18(21)23-14-11-5-7-12-6-1-2-8-13(12)14/h1-11H,(H,19,20). The van der Waals surface area contributed by atoms with Gasteiger partial charge in [0.15, 0.2) is 11.5 Å². The van der Waals surface area contributed by atoms with E-state index in [2.05, 4.69) is 4.74 Å². The summed E-state index contributed by atoms with van der Waals surface area (Å²) in [7, 11) is 0. The lowest BCUT2D eigenvalue weighted by Crippen LogP contribution is -2.15. The fraction of sp³-hybridized carbons (Fsp3) is 0. The zero-order valence-corrected chi connectivity index (χ0v) is 12.3. The first-order valence-electron chi connectivity index (χ1n) is 7.01. The molecule has 0 aliphatic heterocycles. The first-order chi connectivity index (χ1) is 11.6. The minimum Gasteiger partial charge on any atom is -0.449 e. The van der Waals surface area contributed by atoms with Gasteiger partial charge in [0.1, 0.15) is 5.75 Å². The van der Waals surface area contributed by atoms with Crippen molar-refractivity contribution in [2.75, 3.05) is 0 Å². The van der Waals surface area contributed by atoms with Crippen LogP contribution in [-0.4, -0.2) is 17.4 Å². The highest BCUT2D eigenvalue weighted by Crippen LogP contribution is 2.29. The summed E-state index contributed by atoms with van der Waals surface area (Å²) >= 11 is 0. The normalized spacial score (nSPS) is 10.2. The number of ether oxygens (including phenoxy) is 3. The zero-order chi connectivity index (χ0) is 16.9. The Hall–Kier alpha value is -3.54. The highest BCUT2D eigenvalue weighted by atomic mass is 16.7. The Labute approximate surface area is 136 Å². The molecule has 0 aliphatic rings. The van der Waals surface area contributed by atoms with Crippen molar-refractivity contribution in [1.29, 1.82) is 0 Å². The summed E-state index contributed by atoms with van der Waals surface area (Å²) in [5.74, 6) is 0.194. The van der Waals surface area contributed by atoms with Crippen molar-refractivity contribution >= 4 is 23.1 Å². The SMILES string of the molecule is O=C(O)Oc1ccccc1OC(=O)Oc1cccc2ccccc12. The quantitative estimate of drug-likeness (QED) is 0.565. The predicted octanol–water partition coefficient (Wildman–Crippen LogP) is 4.47. The Bertz CT molecular complexity index is 897. The number of carbonyl (C=O) groups excluding carboxylic acids is 1. The average molecular weight is 324 g/mol. The second kappa shape index (κ2) is 6.70. The number of rotatable bonds is 3. The van der Waals surface area contributed by atoms with Crippen molar-refractivity contribution in [3.05, 3.63) is 66.7 Å². The smallest absolute Gasteiger partial charge is 0.449 e. The van der Waals surface area contributed by atoms with Gasteiger partial charge in [0, 0.05) is 5.39 Å². The lowest BCUT2D eigenvalue weighted by atomic mass is 10.1. The van der Waals surface area contributed by atoms with Crippen LogP contribution in [0.2, 0.25) is 0 Å². The maximum atomic E-state index is 12.0. The molecule has 3 aromatic rings. The van der Waals surface area contributed by atoms with Crippen LogP contribution in [0.3, 0.4) is 0 Å². The Morgan fingerprint density at radius 2 is 1.21 bits per heavy atom. The lowest BCUT2D eigenvalue weighted by molar-refractivity contribution is 0.136. The van der Waals surface area contributed by atoms with Crippen LogP contribution < -0.4 is 14.2 Å². The molecule has 0 aromatic heterocycles. The lowest BCUT2D eigenvalue weighted by Gasteiger charge is -2.10. The predicted molar refractivity (Wildman–Crippen MR) is 85.7 cm³/mol. The molecule has 6 nitrogen and oxygen atoms in total. The van der Waals surface area contributed by atoms with Crippen LogP contribution in [0.4, 0.5) is 9.59 Å². The van der Waals surface area contributed by atoms with Gasteiger partial charge >= 0.3 is 12.3 Å². The maximum Gasteiger partial charge on any atom is 0.519 e. The topological polar surface area (TPSA) is 82.1 Å². The van der Waals surface area contributed by atoms with E-state index in [-0.39, 0.29) is 11.5 Å². The summed E-state index contributed by atoms with van der Waals surface area (Å²) in [6.07, 6.45) is -2.50. The van der Waals surface area contributed by atoms with Gasteiger partial charge in [0.05, 0.1) is 0 Å². The molecular formula is C18H12O6. The van der Waals surface area contributed by atoms with Crippen LogP contribution in [0.25, 0.3) is 10.8 Å². The summed E-state index contributed by atoms with van der Waals surface area (Å²) in [6, 6.07) is 18.6. The van der Waals surface area contributed by atoms with Crippen molar-refractivity contribution in [3.8, 4) is 17.2 Å². The molecule has 6 heteroatoms. The van der Waals surface area contributed by atoms with Gasteiger partial charge in [0.25, 0.3) is 0 Å². The average Bonchev–Trinajstić information content (AvgIpc) is 2.56. The van der Waals surface area contributed by atoms with Gasteiger partial charge in [-0.2, -0.15) is 0 Å². The van der Waals surface area contributed by atoms with E-state index >= 15 is 0 Å². The fourth-order valence-electron chi connectivity index (χ4n) is 2.20. The van der Waals surface area contributed by atoms with Gasteiger partial charge in [-0.05, 0) is 23.6 Å². The van der Waals surface area contributed by atoms with E-state index in [1.807, 2.05) is 30.3 Å². The molecule has 0 spiro atoms.